The molecule has 0 N–H and O–H groups in total. The van der Waals surface area contributed by atoms with E-state index < -0.39 is 0 Å². The van der Waals surface area contributed by atoms with Crippen LogP contribution in [0.1, 0.15) is 48.0 Å². The molecule has 2 fully saturated rings. The second kappa shape index (κ2) is 5.98. The Morgan fingerprint density at radius 3 is 1.43 bits per heavy atom. The lowest BCUT2D eigenvalue weighted by Crippen LogP contribution is -2.43. The number of fused-ring (bicyclic) bond motifs is 2. The smallest absolute Gasteiger partial charge is 0.310 e. The van der Waals surface area contributed by atoms with Crippen LogP contribution in [0.4, 0.5) is 0 Å². The first-order valence-corrected chi connectivity index (χ1v) is 8.15. The topological polar surface area (TPSA) is 52.6 Å². The summed E-state index contributed by atoms with van der Waals surface area (Å²) in [5.74, 6) is 0.334. The third kappa shape index (κ3) is 2.95. The maximum Gasteiger partial charge on any atom is 0.310 e. The normalized spacial score (nSPS) is 38.1. The first-order chi connectivity index (χ1) is 9.73. The van der Waals surface area contributed by atoms with E-state index in [0.29, 0.717) is 11.8 Å². The summed E-state index contributed by atoms with van der Waals surface area (Å²) in [5, 5.41) is 0. The number of ether oxygens (including phenoxy) is 2. The first-order valence-electron chi connectivity index (χ1n) is 8.15. The molecule has 0 aliphatic heterocycles. The van der Waals surface area contributed by atoms with Crippen LogP contribution in [-0.2, 0) is 19.1 Å². The minimum Gasteiger partial charge on any atom is -0.463 e. The molecule has 2 aliphatic rings. The summed E-state index contributed by atoms with van der Waals surface area (Å²) in [7, 11) is 0. The third-order valence-electron chi connectivity index (χ3n) is 5.28. The van der Waals surface area contributed by atoms with Gasteiger partial charge in [0, 0.05) is 0 Å². The molecular formula is C17H28O4. The number of hydrogen-bond donors (Lipinski definition) is 0. The van der Waals surface area contributed by atoms with Gasteiger partial charge in [-0.05, 0) is 57.8 Å². The Morgan fingerprint density at radius 1 is 0.810 bits per heavy atom. The van der Waals surface area contributed by atoms with Gasteiger partial charge in [0.2, 0.25) is 0 Å². The van der Waals surface area contributed by atoms with E-state index in [0.717, 1.165) is 6.42 Å². The SMILES string of the molecule is CC(C)OC(=O)C1C2CC(C(C)C2C)C1C(=O)OC(C)C. The molecule has 0 amide bonds. The fourth-order valence-corrected chi connectivity index (χ4v) is 4.27. The number of hydrogen-bond acceptors (Lipinski definition) is 4. The zero-order valence-electron chi connectivity index (χ0n) is 14.0. The summed E-state index contributed by atoms with van der Waals surface area (Å²) in [6.07, 6.45) is 0.648. The Labute approximate surface area is 127 Å². The molecule has 120 valence electrons. The van der Waals surface area contributed by atoms with Crippen molar-refractivity contribution in [1.29, 1.82) is 0 Å². The molecule has 4 heteroatoms. The second-order valence-corrected chi connectivity index (χ2v) is 7.30. The molecule has 6 atom stereocenters. The van der Waals surface area contributed by atoms with E-state index in [1.807, 2.05) is 27.7 Å². The van der Waals surface area contributed by atoms with Crippen molar-refractivity contribution >= 4 is 11.9 Å². The van der Waals surface area contributed by atoms with Crippen molar-refractivity contribution < 1.29 is 19.1 Å². The van der Waals surface area contributed by atoms with Crippen LogP contribution in [0.3, 0.4) is 0 Å². The molecule has 4 nitrogen and oxygen atoms in total. The van der Waals surface area contributed by atoms with Gasteiger partial charge in [-0.3, -0.25) is 9.59 Å². The largest absolute Gasteiger partial charge is 0.463 e. The predicted octanol–water partition coefficient (Wildman–Crippen LogP) is 3.04. The molecule has 0 spiro atoms. The molecule has 21 heavy (non-hydrogen) atoms. The van der Waals surface area contributed by atoms with Crippen LogP contribution in [-0.4, -0.2) is 24.1 Å². The van der Waals surface area contributed by atoms with Gasteiger partial charge in [-0.25, -0.2) is 0 Å². The quantitative estimate of drug-likeness (QED) is 0.748. The highest BCUT2D eigenvalue weighted by Gasteiger charge is 2.61. The van der Waals surface area contributed by atoms with E-state index in [9.17, 15) is 9.59 Å². The van der Waals surface area contributed by atoms with Gasteiger partial charge in [0.1, 0.15) is 0 Å². The zero-order valence-corrected chi connectivity index (χ0v) is 14.0. The Kier molecular flexibility index (Phi) is 4.64. The van der Waals surface area contributed by atoms with Crippen LogP contribution < -0.4 is 0 Å². The van der Waals surface area contributed by atoms with Crippen LogP contribution in [0.15, 0.2) is 0 Å². The molecule has 2 bridgehead atoms. The first kappa shape index (κ1) is 16.3. The molecule has 0 heterocycles. The molecule has 0 radical (unpaired) electrons. The summed E-state index contributed by atoms with van der Waals surface area (Å²) in [6, 6.07) is 0. The van der Waals surface area contributed by atoms with Gasteiger partial charge in [-0.1, -0.05) is 13.8 Å². The summed E-state index contributed by atoms with van der Waals surface area (Å²) in [5.41, 5.74) is 0. The van der Waals surface area contributed by atoms with Gasteiger partial charge in [-0.15, -0.1) is 0 Å². The lowest BCUT2D eigenvalue weighted by Gasteiger charge is -2.36. The van der Waals surface area contributed by atoms with Crippen LogP contribution in [0, 0.1) is 35.5 Å². The van der Waals surface area contributed by atoms with Gasteiger partial charge in [0.15, 0.2) is 0 Å². The lowest BCUT2D eigenvalue weighted by molar-refractivity contribution is -0.170. The maximum atomic E-state index is 12.5. The van der Waals surface area contributed by atoms with Crippen LogP contribution >= 0.6 is 0 Å². The van der Waals surface area contributed by atoms with Gasteiger partial charge in [0.05, 0.1) is 24.0 Å². The van der Waals surface area contributed by atoms with Gasteiger partial charge >= 0.3 is 11.9 Å². The average molecular weight is 296 g/mol. The fraction of sp³-hybridized carbons (Fsp3) is 0.882. The summed E-state index contributed by atoms with van der Waals surface area (Å²) in [6.45, 7) is 11.8. The van der Waals surface area contributed by atoms with Crippen LogP contribution in [0.5, 0.6) is 0 Å². The Hall–Kier alpha value is -1.06. The van der Waals surface area contributed by atoms with Gasteiger partial charge < -0.3 is 9.47 Å². The lowest BCUT2D eigenvalue weighted by atomic mass is 9.69. The molecule has 0 aromatic heterocycles. The molecule has 0 aromatic carbocycles. The van der Waals surface area contributed by atoms with Crippen molar-refractivity contribution in [3.8, 4) is 0 Å². The van der Waals surface area contributed by atoms with E-state index in [1.165, 1.54) is 0 Å². The van der Waals surface area contributed by atoms with Gasteiger partial charge in [-0.2, -0.15) is 0 Å². The van der Waals surface area contributed by atoms with E-state index in [4.69, 9.17) is 9.47 Å². The fourth-order valence-electron chi connectivity index (χ4n) is 4.27. The van der Waals surface area contributed by atoms with Crippen LogP contribution in [0.25, 0.3) is 0 Å². The summed E-state index contributed by atoms with van der Waals surface area (Å²) >= 11 is 0. The molecule has 0 aromatic rings. The van der Waals surface area contributed by atoms with Gasteiger partial charge in [0.25, 0.3) is 0 Å². The molecule has 0 saturated heterocycles. The minimum atomic E-state index is -0.324. The van der Waals surface area contributed by atoms with E-state index >= 15 is 0 Å². The Balaban J connectivity index is 2.22. The molecule has 6 unspecified atom stereocenters. The highest BCUT2D eigenvalue weighted by atomic mass is 16.6. The third-order valence-corrected chi connectivity index (χ3v) is 5.28. The van der Waals surface area contributed by atoms with E-state index in [2.05, 4.69) is 13.8 Å². The Morgan fingerprint density at radius 2 is 1.14 bits per heavy atom. The summed E-state index contributed by atoms with van der Waals surface area (Å²) in [4.78, 5) is 24.9. The van der Waals surface area contributed by atoms with Crippen molar-refractivity contribution in [2.24, 2.45) is 35.5 Å². The predicted molar refractivity (Wildman–Crippen MR) is 79.4 cm³/mol. The molecule has 2 aliphatic carbocycles. The number of rotatable bonds is 4. The second-order valence-electron chi connectivity index (χ2n) is 7.30. The van der Waals surface area contributed by atoms with E-state index in [-0.39, 0.29) is 47.8 Å². The highest BCUT2D eigenvalue weighted by molar-refractivity contribution is 5.84. The monoisotopic (exact) mass is 296 g/mol. The number of carbonyl (C=O) groups is 2. The van der Waals surface area contributed by atoms with Crippen molar-refractivity contribution in [2.75, 3.05) is 0 Å². The summed E-state index contributed by atoms with van der Waals surface area (Å²) < 4.78 is 10.8. The molecule has 2 rings (SSSR count). The minimum absolute atomic E-state index is 0.147. The average Bonchev–Trinajstić information content (AvgIpc) is 2.85. The van der Waals surface area contributed by atoms with Crippen molar-refractivity contribution in [3.63, 3.8) is 0 Å². The number of esters is 2. The van der Waals surface area contributed by atoms with Crippen LogP contribution in [0.2, 0.25) is 0 Å². The van der Waals surface area contributed by atoms with Crippen molar-refractivity contribution in [1.82, 2.24) is 0 Å². The zero-order chi connectivity index (χ0) is 15.9. The molecular weight excluding hydrogens is 268 g/mol. The molecule has 2 saturated carbocycles. The Bertz CT molecular complexity index is 377. The number of carbonyl (C=O) groups excluding carboxylic acids is 2. The maximum absolute atomic E-state index is 12.5. The highest BCUT2D eigenvalue weighted by Crippen LogP contribution is 2.58. The standard InChI is InChI=1S/C17H28O4/c1-8(2)20-16(18)14-12-7-13(11(6)10(12)5)15(14)17(19)21-9(3)4/h8-15H,7H2,1-6H3. The van der Waals surface area contributed by atoms with Crippen molar-refractivity contribution in [2.45, 2.75) is 60.2 Å². The van der Waals surface area contributed by atoms with Crippen molar-refractivity contribution in [3.05, 3.63) is 0 Å². The van der Waals surface area contributed by atoms with E-state index in [1.54, 1.807) is 0 Å².